The number of hydrogen-bond acceptors (Lipinski definition) is 4. The van der Waals surface area contributed by atoms with E-state index in [2.05, 4.69) is 4.85 Å². The minimum absolute atomic E-state index is 0.0329. The van der Waals surface area contributed by atoms with Gasteiger partial charge in [-0.15, -0.1) is 0 Å². The first-order chi connectivity index (χ1) is 14.0. The Kier molecular flexibility index (Phi) is 9.72. The number of carbonyl (C=O) groups is 1. The first-order valence-corrected chi connectivity index (χ1v) is 11.6. The normalized spacial score (nSPS) is 25.2. The van der Waals surface area contributed by atoms with Gasteiger partial charge in [0.2, 0.25) is 6.04 Å². The first-order valence-electron chi connectivity index (χ1n) is 10.2. The Labute approximate surface area is 177 Å². The molecule has 158 valence electrons. The fourth-order valence-corrected chi connectivity index (χ4v) is 4.55. The van der Waals surface area contributed by atoms with Crippen LogP contribution in [0.5, 0.6) is 0 Å². The van der Waals surface area contributed by atoms with Crippen molar-refractivity contribution < 1.29 is 20.1 Å². The van der Waals surface area contributed by atoms with Gasteiger partial charge in [0, 0.05) is 24.7 Å². The van der Waals surface area contributed by atoms with Crippen LogP contribution in [-0.4, -0.2) is 45.4 Å². The van der Waals surface area contributed by atoms with E-state index in [0.29, 0.717) is 32.1 Å². The van der Waals surface area contributed by atoms with Crippen molar-refractivity contribution in [3.8, 4) is 0 Å². The fourth-order valence-electron chi connectivity index (χ4n) is 4.09. The number of aliphatic carboxylic acids is 1. The molecule has 6 heteroatoms. The van der Waals surface area contributed by atoms with Crippen molar-refractivity contribution in [3.63, 3.8) is 0 Å². The largest absolute Gasteiger partial charge is 0.481 e. The van der Waals surface area contributed by atoms with Crippen molar-refractivity contribution in [3.05, 3.63) is 59.0 Å². The van der Waals surface area contributed by atoms with Crippen molar-refractivity contribution in [1.29, 1.82) is 0 Å². The fraction of sp³-hybridized carbons (Fsp3) is 0.565. The van der Waals surface area contributed by atoms with Gasteiger partial charge in [0.15, 0.2) is 0 Å². The second-order valence-corrected chi connectivity index (χ2v) is 8.63. The van der Waals surface area contributed by atoms with Crippen LogP contribution in [0.1, 0.15) is 61.7 Å². The van der Waals surface area contributed by atoms with E-state index in [1.807, 2.05) is 42.7 Å². The third-order valence-electron chi connectivity index (χ3n) is 5.66. The molecular weight excluding hydrogens is 386 g/mol. The Morgan fingerprint density at radius 1 is 1.34 bits per heavy atom. The van der Waals surface area contributed by atoms with E-state index in [4.69, 9.17) is 11.7 Å². The minimum atomic E-state index is -0.785. The average molecular weight is 418 g/mol. The highest BCUT2D eigenvalue weighted by Crippen LogP contribution is 2.44. The van der Waals surface area contributed by atoms with Gasteiger partial charge in [0.05, 0.1) is 12.2 Å². The quantitative estimate of drug-likeness (QED) is 0.282. The Hall–Kier alpha value is -1.81. The second kappa shape index (κ2) is 12.0. The zero-order valence-electron chi connectivity index (χ0n) is 16.9. The molecule has 3 N–H and O–H groups in total. The Bertz CT molecular complexity index is 713. The molecule has 0 amide bonds. The van der Waals surface area contributed by atoms with Crippen LogP contribution in [0.25, 0.3) is 4.85 Å². The lowest BCUT2D eigenvalue weighted by Gasteiger charge is -2.21. The molecule has 5 atom stereocenters. The zero-order valence-corrected chi connectivity index (χ0v) is 17.7. The number of carboxylic acids is 1. The highest BCUT2D eigenvalue weighted by Gasteiger charge is 2.46. The summed E-state index contributed by atoms with van der Waals surface area (Å²) >= 11 is 1.71. The number of unbranched alkanes of at least 4 members (excludes halogenated alkanes) is 1. The van der Waals surface area contributed by atoms with Gasteiger partial charge in [-0.1, -0.05) is 36.4 Å². The van der Waals surface area contributed by atoms with Crippen LogP contribution in [0.3, 0.4) is 0 Å². The van der Waals surface area contributed by atoms with Gasteiger partial charge in [-0.3, -0.25) is 4.79 Å². The summed E-state index contributed by atoms with van der Waals surface area (Å²) in [6, 6.07) is 7.59. The van der Waals surface area contributed by atoms with Crippen molar-refractivity contribution in [1.82, 2.24) is 0 Å². The van der Waals surface area contributed by atoms with E-state index in [9.17, 15) is 15.0 Å². The lowest BCUT2D eigenvalue weighted by atomic mass is 9.83. The minimum Gasteiger partial charge on any atom is -0.481 e. The van der Waals surface area contributed by atoms with Gasteiger partial charge in [-0.25, -0.2) is 6.57 Å². The second-order valence-electron chi connectivity index (χ2n) is 7.65. The number of rotatable bonds is 11. The predicted molar refractivity (Wildman–Crippen MR) is 117 cm³/mol. The topological polar surface area (TPSA) is 82.1 Å². The summed E-state index contributed by atoms with van der Waals surface area (Å²) in [5.41, 5.74) is 1.89. The molecule has 1 aromatic carbocycles. The van der Waals surface area contributed by atoms with E-state index in [-0.39, 0.29) is 24.3 Å². The maximum absolute atomic E-state index is 10.6. The summed E-state index contributed by atoms with van der Waals surface area (Å²) in [6.45, 7) is 7.51. The lowest BCUT2D eigenvalue weighted by molar-refractivity contribution is -0.137. The number of thioether (sulfide) groups is 1. The SMILES string of the molecule is [C-]#[N+][C@@H]1C[C@@H](O)C(c2ccc(C(O)CCSC)cc2)C1CC=CCCCC(=O)O. The molecule has 0 bridgehead atoms. The Morgan fingerprint density at radius 3 is 2.69 bits per heavy atom. The van der Waals surface area contributed by atoms with Crippen molar-refractivity contribution in [2.45, 2.75) is 62.7 Å². The van der Waals surface area contributed by atoms with Crippen LogP contribution in [-0.2, 0) is 4.79 Å². The van der Waals surface area contributed by atoms with Crippen LogP contribution < -0.4 is 0 Å². The summed E-state index contributed by atoms with van der Waals surface area (Å²) in [5.74, 6) is 0.0470. The van der Waals surface area contributed by atoms with Gasteiger partial charge in [0.1, 0.15) is 0 Å². The summed E-state index contributed by atoms with van der Waals surface area (Å²) in [7, 11) is 0. The van der Waals surface area contributed by atoms with Crippen molar-refractivity contribution in [2.24, 2.45) is 5.92 Å². The zero-order chi connectivity index (χ0) is 21.2. The van der Waals surface area contributed by atoms with Gasteiger partial charge < -0.3 is 20.2 Å². The third-order valence-corrected chi connectivity index (χ3v) is 6.30. The van der Waals surface area contributed by atoms with Gasteiger partial charge in [-0.2, -0.15) is 11.8 Å². The van der Waals surface area contributed by atoms with Crippen LogP contribution in [0.2, 0.25) is 0 Å². The molecule has 0 aliphatic heterocycles. The van der Waals surface area contributed by atoms with Crippen molar-refractivity contribution >= 4 is 17.7 Å². The molecule has 1 fully saturated rings. The number of benzene rings is 1. The molecule has 0 aromatic heterocycles. The number of hydrogen-bond donors (Lipinski definition) is 3. The maximum Gasteiger partial charge on any atom is 0.303 e. The number of allylic oxidation sites excluding steroid dienone is 2. The smallest absolute Gasteiger partial charge is 0.303 e. The molecular formula is C23H31NO4S. The molecule has 0 radical (unpaired) electrons. The standard InChI is InChI=1S/C23H31NO4S/c1-24-19-15-21(26)23(18(19)7-5-3-4-6-8-22(27)28)17-11-9-16(10-12-17)20(25)13-14-29-2/h3,5,9-12,18-21,23,25-26H,4,6-8,13-15H2,2H3,(H,27,28)/t18?,19-,20?,21-,23?/m1/s1. The Morgan fingerprint density at radius 2 is 2.07 bits per heavy atom. The number of nitrogens with zero attached hydrogens (tertiary/aromatic N) is 1. The lowest BCUT2D eigenvalue weighted by Crippen LogP contribution is -2.19. The van der Waals surface area contributed by atoms with Crippen LogP contribution in [0.4, 0.5) is 0 Å². The van der Waals surface area contributed by atoms with Gasteiger partial charge in [-0.05, 0) is 48.8 Å². The average Bonchev–Trinajstić information content (AvgIpc) is 3.03. The molecule has 29 heavy (non-hydrogen) atoms. The molecule has 0 saturated heterocycles. The van der Waals surface area contributed by atoms with Crippen LogP contribution in [0, 0.1) is 12.5 Å². The molecule has 2 rings (SSSR count). The van der Waals surface area contributed by atoms with E-state index in [1.165, 1.54) is 0 Å². The maximum atomic E-state index is 10.6. The monoisotopic (exact) mass is 417 g/mol. The molecule has 5 nitrogen and oxygen atoms in total. The molecule has 3 unspecified atom stereocenters. The number of aliphatic hydroxyl groups excluding tert-OH is 2. The van der Waals surface area contributed by atoms with Crippen LogP contribution in [0.15, 0.2) is 36.4 Å². The van der Waals surface area contributed by atoms with Crippen LogP contribution >= 0.6 is 11.8 Å². The van der Waals surface area contributed by atoms with E-state index < -0.39 is 18.2 Å². The summed E-state index contributed by atoms with van der Waals surface area (Å²) in [5, 5.41) is 29.6. The summed E-state index contributed by atoms with van der Waals surface area (Å²) in [4.78, 5) is 14.3. The molecule has 0 spiro atoms. The number of carboxylic acid groups (broad SMARTS) is 1. The van der Waals surface area contributed by atoms with E-state index in [0.717, 1.165) is 16.9 Å². The third kappa shape index (κ3) is 6.88. The highest BCUT2D eigenvalue weighted by molar-refractivity contribution is 7.98. The number of aliphatic hydroxyl groups is 2. The molecule has 1 aromatic rings. The molecule has 1 aliphatic rings. The highest BCUT2D eigenvalue weighted by atomic mass is 32.2. The predicted octanol–water partition coefficient (Wildman–Crippen LogP) is 4.43. The first kappa shape index (κ1) is 23.5. The molecule has 1 saturated carbocycles. The molecule has 0 heterocycles. The molecule has 1 aliphatic carbocycles. The summed E-state index contributed by atoms with van der Waals surface area (Å²) < 4.78 is 0. The van der Waals surface area contributed by atoms with Crippen molar-refractivity contribution in [2.75, 3.05) is 12.0 Å². The van der Waals surface area contributed by atoms with E-state index in [1.54, 1.807) is 11.8 Å². The van der Waals surface area contributed by atoms with Gasteiger partial charge >= 0.3 is 5.97 Å². The van der Waals surface area contributed by atoms with Gasteiger partial charge in [0.25, 0.3) is 0 Å². The van der Waals surface area contributed by atoms with E-state index >= 15 is 0 Å². The summed E-state index contributed by atoms with van der Waals surface area (Å²) in [6.07, 6.45) is 8.35. The Balaban J connectivity index is 2.05.